The molecular formula is C14H18ClN5. The van der Waals surface area contributed by atoms with Crippen LogP contribution in [0.25, 0.3) is 11.4 Å². The standard InChI is InChI=1S/C14H18ClN5/c1-14(7-3-2-4-8-14)20-13(17-18-19-20)11-6-5-10(15)9-12(11)16/h5-6,9H,2-4,7-8,16H2,1H3. The van der Waals surface area contributed by atoms with Gasteiger partial charge in [0, 0.05) is 16.3 Å². The third-order valence-electron chi connectivity index (χ3n) is 4.17. The van der Waals surface area contributed by atoms with Crippen LogP contribution in [-0.4, -0.2) is 20.2 Å². The highest BCUT2D eigenvalue weighted by Gasteiger charge is 2.33. The molecule has 1 aromatic carbocycles. The van der Waals surface area contributed by atoms with Crippen LogP contribution in [0.3, 0.4) is 0 Å². The van der Waals surface area contributed by atoms with E-state index in [4.69, 9.17) is 17.3 Å². The lowest BCUT2D eigenvalue weighted by Crippen LogP contribution is -2.34. The van der Waals surface area contributed by atoms with Crippen molar-refractivity contribution in [3.05, 3.63) is 23.2 Å². The molecule has 1 aromatic heterocycles. The van der Waals surface area contributed by atoms with Gasteiger partial charge >= 0.3 is 0 Å². The fraction of sp³-hybridized carbons (Fsp3) is 0.500. The zero-order valence-electron chi connectivity index (χ0n) is 11.5. The molecule has 2 aromatic rings. The summed E-state index contributed by atoms with van der Waals surface area (Å²) in [4.78, 5) is 0. The molecule has 1 aliphatic rings. The second kappa shape index (κ2) is 5.05. The molecule has 0 spiro atoms. The molecule has 0 unspecified atom stereocenters. The molecule has 0 atom stereocenters. The Balaban J connectivity index is 2.05. The van der Waals surface area contributed by atoms with E-state index in [1.165, 1.54) is 19.3 Å². The maximum absolute atomic E-state index is 6.06. The largest absolute Gasteiger partial charge is 0.398 e. The number of halogens is 1. The molecule has 0 radical (unpaired) electrons. The second-order valence-corrected chi connectivity index (χ2v) is 6.14. The van der Waals surface area contributed by atoms with Crippen molar-refractivity contribution < 1.29 is 0 Å². The van der Waals surface area contributed by atoms with Gasteiger partial charge in [-0.15, -0.1) is 5.10 Å². The van der Waals surface area contributed by atoms with Crippen molar-refractivity contribution in [2.75, 3.05) is 5.73 Å². The van der Waals surface area contributed by atoms with Crippen LogP contribution in [0.5, 0.6) is 0 Å². The lowest BCUT2D eigenvalue weighted by Gasteiger charge is -2.34. The van der Waals surface area contributed by atoms with Crippen molar-refractivity contribution in [3.8, 4) is 11.4 Å². The van der Waals surface area contributed by atoms with Crippen LogP contribution in [0.2, 0.25) is 5.02 Å². The van der Waals surface area contributed by atoms with Gasteiger partial charge in [0.15, 0.2) is 5.82 Å². The number of hydrogen-bond acceptors (Lipinski definition) is 4. The van der Waals surface area contributed by atoms with Crippen LogP contribution < -0.4 is 5.73 Å². The maximum Gasteiger partial charge on any atom is 0.184 e. The topological polar surface area (TPSA) is 69.6 Å². The van der Waals surface area contributed by atoms with Crippen LogP contribution in [0.15, 0.2) is 18.2 Å². The smallest absolute Gasteiger partial charge is 0.184 e. The van der Waals surface area contributed by atoms with Crippen molar-refractivity contribution in [1.82, 2.24) is 20.2 Å². The van der Waals surface area contributed by atoms with Gasteiger partial charge < -0.3 is 5.73 Å². The Hall–Kier alpha value is -1.62. The molecule has 106 valence electrons. The Bertz CT molecular complexity index is 616. The van der Waals surface area contributed by atoms with Gasteiger partial charge in [-0.1, -0.05) is 30.9 Å². The third-order valence-corrected chi connectivity index (χ3v) is 4.40. The van der Waals surface area contributed by atoms with Crippen molar-refractivity contribution in [2.24, 2.45) is 0 Å². The number of rotatable bonds is 2. The summed E-state index contributed by atoms with van der Waals surface area (Å²) in [5, 5.41) is 12.9. The fourth-order valence-electron chi connectivity index (χ4n) is 2.98. The predicted molar refractivity (Wildman–Crippen MR) is 79.4 cm³/mol. The van der Waals surface area contributed by atoms with E-state index in [9.17, 15) is 0 Å². The number of anilines is 1. The summed E-state index contributed by atoms with van der Waals surface area (Å²) in [6.45, 7) is 2.22. The van der Waals surface area contributed by atoms with Gasteiger partial charge in [-0.05, 0) is 48.4 Å². The first-order chi connectivity index (χ1) is 9.60. The zero-order chi connectivity index (χ0) is 14.2. The minimum absolute atomic E-state index is 0.0246. The molecule has 2 N–H and O–H groups in total. The number of tetrazole rings is 1. The number of nitrogens with zero attached hydrogens (tertiary/aromatic N) is 4. The van der Waals surface area contributed by atoms with Crippen LogP contribution >= 0.6 is 11.6 Å². The molecule has 5 nitrogen and oxygen atoms in total. The van der Waals surface area contributed by atoms with Gasteiger partial charge in [0.1, 0.15) is 0 Å². The normalized spacial score (nSPS) is 18.1. The van der Waals surface area contributed by atoms with Gasteiger partial charge in [0.05, 0.1) is 5.54 Å². The summed E-state index contributed by atoms with van der Waals surface area (Å²) < 4.78 is 1.94. The minimum atomic E-state index is -0.0246. The van der Waals surface area contributed by atoms with Crippen molar-refractivity contribution in [2.45, 2.75) is 44.6 Å². The summed E-state index contributed by atoms with van der Waals surface area (Å²) in [5.41, 5.74) is 7.48. The van der Waals surface area contributed by atoms with Crippen molar-refractivity contribution in [3.63, 3.8) is 0 Å². The molecule has 0 amide bonds. The first kappa shape index (κ1) is 13.4. The summed E-state index contributed by atoms with van der Waals surface area (Å²) in [5.74, 6) is 0.726. The Morgan fingerprint density at radius 3 is 2.70 bits per heavy atom. The number of hydrogen-bond donors (Lipinski definition) is 1. The van der Waals surface area contributed by atoms with E-state index in [-0.39, 0.29) is 5.54 Å². The van der Waals surface area contributed by atoms with E-state index in [0.29, 0.717) is 10.7 Å². The van der Waals surface area contributed by atoms with Crippen molar-refractivity contribution in [1.29, 1.82) is 0 Å². The molecule has 3 rings (SSSR count). The molecule has 0 aliphatic heterocycles. The van der Waals surface area contributed by atoms with Crippen LogP contribution in [0, 0.1) is 0 Å². The number of nitrogen functional groups attached to an aromatic ring is 1. The first-order valence-corrected chi connectivity index (χ1v) is 7.32. The third kappa shape index (κ3) is 2.26. The van der Waals surface area contributed by atoms with Gasteiger partial charge in [0.25, 0.3) is 0 Å². The Morgan fingerprint density at radius 1 is 1.25 bits per heavy atom. The molecule has 0 saturated heterocycles. The van der Waals surface area contributed by atoms with E-state index < -0.39 is 0 Å². The monoisotopic (exact) mass is 291 g/mol. The minimum Gasteiger partial charge on any atom is -0.398 e. The Morgan fingerprint density at radius 2 is 2.00 bits per heavy atom. The van der Waals surface area contributed by atoms with E-state index in [2.05, 4.69) is 22.4 Å². The molecular weight excluding hydrogens is 274 g/mol. The molecule has 1 saturated carbocycles. The summed E-state index contributed by atoms with van der Waals surface area (Å²) in [6, 6.07) is 5.43. The van der Waals surface area contributed by atoms with Crippen LogP contribution in [0.4, 0.5) is 5.69 Å². The van der Waals surface area contributed by atoms with Crippen LogP contribution in [0.1, 0.15) is 39.0 Å². The van der Waals surface area contributed by atoms with Gasteiger partial charge in [-0.25, -0.2) is 4.68 Å². The van der Waals surface area contributed by atoms with Gasteiger partial charge in [0.2, 0.25) is 0 Å². The number of nitrogens with two attached hydrogens (primary N) is 1. The van der Waals surface area contributed by atoms with E-state index in [1.54, 1.807) is 6.07 Å². The molecule has 6 heteroatoms. The summed E-state index contributed by atoms with van der Waals surface area (Å²) in [7, 11) is 0. The van der Waals surface area contributed by atoms with E-state index in [1.807, 2.05) is 16.8 Å². The average Bonchev–Trinajstić information content (AvgIpc) is 2.89. The molecule has 1 fully saturated rings. The molecule has 0 bridgehead atoms. The SMILES string of the molecule is CC1(n2nnnc2-c2ccc(Cl)cc2N)CCCCC1. The highest BCUT2D eigenvalue weighted by Crippen LogP contribution is 2.37. The van der Waals surface area contributed by atoms with Crippen LogP contribution in [-0.2, 0) is 5.54 Å². The molecule has 1 aliphatic carbocycles. The van der Waals surface area contributed by atoms with Gasteiger partial charge in [-0.2, -0.15) is 0 Å². The zero-order valence-corrected chi connectivity index (χ0v) is 12.3. The number of benzene rings is 1. The quantitative estimate of drug-likeness (QED) is 0.862. The Labute approximate surface area is 123 Å². The molecule has 20 heavy (non-hydrogen) atoms. The first-order valence-electron chi connectivity index (χ1n) is 6.94. The summed E-state index contributed by atoms with van der Waals surface area (Å²) in [6.07, 6.45) is 5.91. The lowest BCUT2D eigenvalue weighted by molar-refractivity contribution is 0.197. The number of aromatic nitrogens is 4. The molecule has 1 heterocycles. The maximum atomic E-state index is 6.06. The van der Waals surface area contributed by atoms with Crippen molar-refractivity contribution >= 4 is 17.3 Å². The fourth-order valence-corrected chi connectivity index (χ4v) is 3.16. The second-order valence-electron chi connectivity index (χ2n) is 5.70. The van der Waals surface area contributed by atoms with E-state index in [0.717, 1.165) is 24.2 Å². The highest BCUT2D eigenvalue weighted by atomic mass is 35.5. The highest BCUT2D eigenvalue weighted by molar-refractivity contribution is 6.31. The average molecular weight is 292 g/mol. The summed E-state index contributed by atoms with van der Waals surface area (Å²) >= 11 is 5.96. The Kier molecular flexibility index (Phi) is 3.38. The van der Waals surface area contributed by atoms with E-state index >= 15 is 0 Å². The van der Waals surface area contributed by atoms with Gasteiger partial charge in [-0.3, -0.25) is 0 Å². The lowest BCUT2D eigenvalue weighted by atomic mass is 9.83. The predicted octanol–water partition coefficient (Wildman–Crippen LogP) is 3.26.